The van der Waals surface area contributed by atoms with Gasteiger partial charge in [0.25, 0.3) is 17.0 Å². The van der Waals surface area contributed by atoms with E-state index in [2.05, 4.69) is 25.9 Å². The zero-order valence-corrected chi connectivity index (χ0v) is 16.5. The highest BCUT2D eigenvalue weighted by molar-refractivity contribution is 7.99. The van der Waals surface area contributed by atoms with E-state index in [9.17, 15) is 14.4 Å². The number of rotatable bonds is 6. The van der Waals surface area contributed by atoms with Gasteiger partial charge in [0.2, 0.25) is 5.91 Å². The Balaban J connectivity index is 1.38. The number of aromatic amines is 1. The molecule has 0 bridgehead atoms. The molecule has 3 N–H and O–H groups in total. The Kier molecular flexibility index (Phi) is 4.74. The minimum absolute atomic E-state index is 0.102. The van der Waals surface area contributed by atoms with Gasteiger partial charge in [0.1, 0.15) is 5.54 Å². The Morgan fingerprint density at radius 3 is 2.86 bits per heavy atom. The van der Waals surface area contributed by atoms with E-state index in [-0.39, 0.29) is 11.0 Å². The van der Waals surface area contributed by atoms with Crippen molar-refractivity contribution in [1.82, 2.24) is 30.9 Å². The third-order valence-electron chi connectivity index (χ3n) is 4.76. The van der Waals surface area contributed by atoms with Crippen molar-refractivity contribution in [3.63, 3.8) is 0 Å². The normalized spacial score (nSPS) is 19.0. The molecule has 0 spiro atoms. The topological polar surface area (TPSA) is 133 Å². The van der Waals surface area contributed by atoms with Crippen LogP contribution in [-0.4, -0.2) is 49.3 Å². The number of aromatic nitrogens is 3. The number of thioether (sulfide) groups is 1. The molecule has 4 amide bonds. The van der Waals surface area contributed by atoms with Crippen molar-refractivity contribution in [1.29, 1.82) is 0 Å². The van der Waals surface area contributed by atoms with Gasteiger partial charge >= 0.3 is 6.03 Å². The molecule has 0 unspecified atom stereocenters. The molecule has 1 aromatic carbocycles. The first-order chi connectivity index (χ1) is 13.9. The van der Waals surface area contributed by atoms with E-state index in [1.54, 1.807) is 20.0 Å². The fraction of sp³-hybridized carbons (Fsp3) is 0.278. The first kappa shape index (κ1) is 19.0. The van der Waals surface area contributed by atoms with E-state index < -0.39 is 23.4 Å². The van der Waals surface area contributed by atoms with Crippen molar-refractivity contribution in [2.45, 2.75) is 31.0 Å². The highest BCUT2D eigenvalue weighted by Gasteiger charge is 2.47. The van der Waals surface area contributed by atoms with E-state index in [4.69, 9.17) is 4.42 Å². The number of carbonyl (C=O) groups excluding carboxylic acids is 3. The number of fused-ring (bicyclic) bond motifs is 1. The molecule has 10 nitrogen and oxygen atoms in total. The molecule has 0 radical (unpaired) electrons. The number of H-pyrrole nitrogens is 1. The number of benzene rings is 1. The molecule has 3 aromatic rings. The van der Waals surface area contributed by atoms with Crippen LogP contribution in [0.15, 0.2) is 40.1 Å². The largest absolute Gasteiger partial charge is 0.411 e. The van der Waals surface area contributed by atoms with Crippen LogP contribution in [0, 0.1) is 0 Å². The number of imide groups is 1. The van der Waals surface area contributed by atoms with Crippen molar-refractivity contribution < 1.29 is 18.8 Å². The summed E-state index contributed by atoms with van der Waals surface area (Å²) in [5.74, 6) is -0.804. The quantitative estimate of drug-likeness (QED) is 0.415. The Hall–Kier alpha value is -3.34. The van der Waals surface area contributed by atoms with Crippen molar-refractivity contribution in [3.8, 4) is 11.5 Å². The summed E-state index contributed by atoms with van der Waals surface area (Å²) >= 11 is 1.01. The number of hydrogen-bond acceptors (Lipinski definition) is 7. The maximum Gasteiger partial charge on any atom is 0.344 e. The average molecular weight is 414 g/mol. The lowest BCUT2D eigenvalue weighted by atomic mass is 10.00. The minimum atomic E-state index is -1.02. The Morgan fingerprint density at radius 1 is 1.31 bits per heavy atom. The number of hydrogen-bond donors (Lipinski definition) is 3. The van der Waals surface area contributed by atoms with Crippen LogP contribution in [0.25, 0.3) is 22.4 Å². The van der Waals surface area contributed by atoms with Crippen LogP contribution in [0.4, 0.5) is 4.79 Å². The number of nitrogens with zero attached hydrogens (tertiary/aromatic N) is 3. The number of hydrazine groups is 1. The summed E-state index contributed by atoms with van der Waals surface area (Å²) in [5, 5.41) is 12.4. The van der Waals surface area contributed by atoms with E-state index in [1.165, 1.54) is 0 Å². The monoisotopic (exact) mass is 414 g/mol. The summed E-state index contributed by atoms with van der Waals surface area (Å²) in [6.07, 6.45) is 2.19. The summed E-state index contributed by atoms with van der Waals surface area (Å²) in [7, 11) is 0. The van der Waals surface area contributed by atoms with Gasteiger partial charge < -0.3 is 14.7 Å². The molecule has 3 heterocycles. The van der Waals surface area contributed by atoms with Crippen LogP contribution in [0.3, 0.4) is 0 Å². The van der Waals surface area contributed by atoms with Gasteiger partial charge in [-0.2, -0.15) is 5.01 Å². The van der Waals surface area contributed by atoms with Crippen LogP contribution < -0.4 is 10.7 Å². The van der Waals surface area contributed by atoms with Crippen LogP contribution in [0.2, 0.25) is 0 Å². The molecular formula is C18H18N6O4S. The summed E-state index contributed by atoms with van der Waals surface area (Å²) in [6.45, 7) is 3.39. The van der Waals surface area contributed by atoms with Crippen LogP contribution in [0.5, 0.6) is 0 Å². The molecule has 0 saturated carbocycles. The van der Waals surface area contributed by atoms with Crippen molar-refractivity contribution in [2.24, 2.45) is 0 Å². The molecule has 0 aliphatic carbocycles. The Bertz CT molecular complexity index is 1110. The zero-order valence-electron chi connectivity index (χ0n) is 15.7. The van der Waals surface area contributed by atoms with Gasteiger partial charge in [-0.15, -0.1) is 10.2 Å². The first-order valence-corrected chi connectivity index (χ1v) is 9.89. The molecule has 11 heteroatoms. The van der Waals surface area contributed by atoms with Crippen molar-refractivity contribution in [2.75, 3.05) is 5.75 Å². The fourth-order valence-electron chi connectivity index (χ4n) is 2.94. The molecular weight excluding hydrogens is 396 g/mol. The van der Waals surface area contributed by atoms with Gasteiger partial charge in [-0.3, -0.25) is 15.0 Å². The third-order valence-corrected chi connectivity index (χ3v) is 5.58. The highest BCUT2D eigenvalue weighted by Crippen LogP contribution is 2.29. The van der Waals surface area contributed by atoms with Crippen LogP contribution in [0.1, 0.15) is 20.3 Å². The number of para-hydroxylation sites is 1. The molecule has 1 saturated heterocycles. The number of urea groups is 1. The van der Waals surface area contributed by atoms with Gasteiger partial charge in [0, 0.05) is 17.1 Å². The summed E-state index contributed by atoms with van der Waals surface area (Å²) in [5.41, 5.74) is 3.01. The lowest BCUT2D eigenvalue weighted by Crippen LogP contribution is -2.49. The molecule has 1 aliphatic rings. The predicted molar refractivity (Wildman–Crippen MR) is 105 cm³/mol. The second-order valence-electron chi connectivity index (χ2n) is 6.70. The summed E-state index contributed by atoms with van der Waals surface area (Å²) in [6, 6.07) is 7.06. The SMILES string of the molecule is CC[C@@]1(C)NC(=O)N(NC(=O)CSc2nnc(-c3c[nH]c4ccccc34)o2)C1=O. The van der Waals surface area contributed by atoms with Gasteiger partial charge in [0.05, 0.1) is 11.3 Å². The third kappa shape index (κ3) is 3.44. The number of nitrogens with one attached hydrogen (secondary N) is 3. The summed E-state index contributed by atoms with van der Waals surface area (Å²) in [4.78, 5) is 39.5. The van der Waals surface area contributed by atoms with Crippen molar-refractivity contribution in [3.05, 3.63) is 30.5 Å². The molecule has 1 atom stereocenters. The number of amides is 4. The van der Waals surface area contributed by atoms with E-state index in [1.807, 2.05) is 24.3 Å². The molecule has 1 fully saturated rings. The first-order valence-electron chi connectivity index (χ1n) is 8.90. The molecule has 150 valence electrons. The van der Waals surface area contributed by atoms with Gasteiger partial charge in [-0.05, 0) is 19.4 Å². The maximum absolute atomic E-state index is 12.3. The predicted octanol–water partition coefficient (Wildman–Crippen LogP) is 2.06. The molecule has 2 aromatic heterocycles. The molecule has 29 heavy (non-hydrogen) atoms. The van der Waals surface area contributed by atoms with Gasteiger partial charge in [0.15, 0.2) is 0 Å². The second-order valence-corrected chi connectivity index (χ2v) is 7.63. The second kappa shape index (κ2) is 7.24. The Morgan fingerprint density at radius 2 is 2.10 bits per heavy atom. The standard InChI is InChI=1S/C18H18N6O4S/c1-3-18(2)15(26)24(16(27)20-18)23-13(25)9-29-17-22-21-14(28-17)11-8-19-12-7-5-4-6-10(11)12/h4-8,19H,3,9H2,1-2H3,(H,20,27)(H,23,25)/t18-/m1/s1. The zero-order chi connectivity index (χ0) is 20.6. The average Bonchev–Trinajstić information content (AvgIpc) is 3.40. The minimum Gasteiger partial charge on any atom is -0.411 e. The fourth-order valence-corrected chi connectivity index (χ4v) is 3.49. The van der Waals surface area contributed by atoms with Gasteiger partial charge in [-0.25, -0.2) is 4.79 Å². The number of carbonyl (C=O) groups is 3. The highest BCUT2D eigenvalue weighted by atomic mass is 32.2. The summed E-state index contributed by atoms with van der Waals surface area (Å²) < 4.78 is 5.63. The lowest BCUT2D eigenvalue weighted by Gasteiger charge is -2.19. The van der Waals surface area contributed by atoms with E-state index >= 15 is 0 Å². The van der Waals surface area contributed by atoms with Crippen LogP contribution in [-0.2, 0) is 9.59 Å². The van der Waals surface area contributed by atoms with Crippen molar-refractivity contribution >= 4 is 40.5 Å². The Labute approximate surface area is 169 Å². The maximum atomic E-state index is 12.3. The van der Waals surface area contributed by atoms with Crippen LogP contribution >= 0.6 is 11.8 Å². The smallest absolute Gasteiger partial charge is 0.344 e. The lowest BCUT2D eigenvalue weighted by molar-refractivity contribution is -0.137. The van der Waals surface area contributed by atoms with E-state index in [0.29, 0.717) is 17.3 Å². The van der Waals surface area contributed by atoms with Gasteiger partial charge in [-0.1, -0.05) is 36.9 Å². The molecule has 4 rings (SSSR count). The van der Waals surface area contributed by atoms with E-state index in [0.717, 1.165) is 28.2 Å². The molecule has 1 aliphatic heterocycles.